The maximum atomic E-state index is 2.25. The summed E-state index contributed by atoms with van der Waals surface area (Å²) >= 11 is 0. The van der Waals surface area contributed by atoms with E-state index in [4.69, 9.17) is 0 Å². The van der Waals surface area contributed by atoms with Crippen molar-refractivity contribution in [1.29, 1.82) is 0 Å². The minimum atomic E-state index is 0. The van der Waals surface area contributed by atoms with Crippen molar-refractivity contribution in [3.63, 3.8) is 0 Å². The molecule has 0 bridgehead atoms. The number of aryl methyl sites for hydroxylation is 4. The van der Waals surface area contributed by atoms with Crippen LogP contribution in [-0.4, -0.2) is 18.2 Å². The summed E-state index contributed by atoms with van der Waals surface area (Å²) in [7, 11) is 1.84. The van der Waals surface area contributed by atoms with E-state index in [1.807, 2.05) is 0 Å². The Morgan fingerprint density at radius 3 is 1.10 bits per heavy atom. The van der Waals surface area contributed by atoms with E-state index in [1.54, 1.807) is 0 Å². The summed E-state index contributed by atoms with van der Waals surface area (Å²) < 4.78 is 0. The van der Waals surface area contributed by atoms with E-state index in [0.717, 1.165) is 18.2 Å². The van der Waals surface area contributed by atoms with Gasteiger partial charge in [0.15, 0.2) is 0 Å². The van der Waals surface area contributed by atoms with Crippen LogP contribution in [-0.2, 0) is 0 Å². The van der Waals surface area contributed by atoms with Gasteiger partial charge in [0.05, 0.1) is 0 Å². The second-order valence-electron chi connectivity index (χ2n) is 4.82. The molecule has 4 heteroatoms. The van der Waals surface area contributed by atoms with Crippen LogP contribution in [0.4, 0.5) is 0 Å². The zero-order valence-electron chi connectivity index (χ0n) is 14.3. The average molecular weight is 284 g/mol. The van der Waals surface area contributed by atoms with Crippen molar-refractivity contribution in [2.24, 2.45) is 0 Å². The largest absolute Gasteiger partial charge is 1.00 e. The van der Waals surface area contributed by atoms with Crippen LogP contribution in [0.1, 0.15) is 32.6 Å². The number of rotatable bonds is 0. The molecule has 0 fully saturated rings. The van der Waals surface area contributed by atoms with Gasteiger partial charge in [-0.1, -0.05) is 48.2 Å². The smallest absolute Gasteiger partial charge is 0.411 e. The zero-order chi connectivity index (χ0) is 13.7. The molecular weight excluding hydrogens is 262 g/mol. The Morgan fingerprint density at radius 2 is 0.900 bits per heavy atom. The van der Waals surface area contributed by atoms with Crippen LogP contribution in [0, 0.1) is 41.5 Å². The Hall–Kier alpha value is 0.329. The van der Waals surface area contributed by atoms with Crippen molar-refractivity contribution in [1.82, 2.24) is 0 Å². The van der Waals surface area contributed by atoms with Crippen LogP contribution in [0.15, 0.2) is 23.5 Å². The molecule has 2 rings (SSSR count). The van der Waals surface area contributed by atoms with Gasteiger partial charge in [-0.05, 0) is 27.7 Å². The molecule has 0 aliphatic carbocycles. The molecular formula is C16H22Li2Si2. The van der Waals surface area contributed by atoms with E-state index in [-0.39, 0.29) is 37.7 Å². The van der Waals surface area contributed by atoms with E-state index in [9.17, 15) is 0 Å². The molecule has 96 valence electrons. The maximum Gasteiger partial charge on any atom is 1.00 e. The first-order valence-electron chi connectivity index (χ1n) is 6.32. The fraction of sp³-hybridized carbons (Fsp3) is 0.375. The molecule has 0 saturated heterocycles. The predicted molar refractivity (Wildman–Crippen MR) is 84.0 cm³/mol. The minimum absolute atomic E-state index is 0. The first kappa shape index (κ1) is 22.6. The summed E-state index contributed by atoms with van der Waals surface area (Å²) in [6.45, 7) is 13.1. The summed E-state index contributed by atoms with van der Waals surface area (Å²) in [4.78, 5) is 0. The Morgan fingerprint density at radius 1 is 0.600 bits per heavy atom. The Labute approximate surface area is 153 Å². The summed E-state index contributed by atoms with van der Waals surface area (Å²) in [5.41, 5.74) is 10.3. The van der Waals surface area contributed by atoms with Crippen LogP contribution >= 0.6 is 0 Å². The van der Waals surface area contributed by atoms with Gasteiger partial charge < -0.3 is 18.2 Å². The van der Waals surface area contributed by atoms with Gasteiger partial charge in [-0.15, -0.1) is 0 Å². The molecule has 0 atom stereocenters. The third kappa shape index (κ3) is 6.86. The summed E-state index contributed by atoms with van der Waals surface area (Å²) in [6, 6.07) is 4.42. The molecule has 2 heterocycles. The summed E-state index contributed by atoms with van der Waals surface area (Å²) in [5.74, 6) is 0. The molecule has 0 radical (unpaired) electrons. The van der Waals surface area contributed by atoms with Gasteiger partial charge in [0.25, 0.3) is 0 Å². The summed E-state index contributed by atoms with van der Waals surface area (Å²) in [6.07, 6.45) is 0. The van der Waals surface area contributed by atoms with Gasteiger partial charge in [-0.2, -0.15) is 0 Å². The van der Waals surface area contributed by atoms with Crippen molar-refractivity contribution in [2.45, 2.75) is 41.5 Å². The second-order valence-corrected chi connectivity index (χ2v) is 7.57. The molecule has 0 aliphatic heterocycles. The molecule has 2 aromatic rings. The quantitative estimate of drug-likeness (QED) is 0.487. The number of hydrogen-bond acceptors (Lipinski definition) is 0. The topological polar surface area (TPSA) is 0 Å². The van der Waals surface area contributed by atoms with Crippen molar-refractivity contribution in [2.75, 3.05) is 0 Å². The van der Waals surface area contributed by atoms with Crippen molar-refractivity contribution >= 4 is 18.2 Å². The molecule has 0 saturated carbocycles. The predicted octanol–water partition coefficient (Wildman–Crippen LogP) is -2.09. The molecule has 0 unspecified atom stereocenters. The summed E-state index contributed by atoms with van der Waals surface area (Å²) in [5, 5.41) is 3.07. The van der Waals surface area contributed by atoms with E-state index in [2.05, 4.69) is 65.0 Å². The van der Waals surface area contributed by atoms with Crippen LogP contribution < -0.4 is 37.7 Å². The molecule has 0 N–H and O–H groups in total. The monoisotopic (exact) mass is 284 g/mol. The van der Waals surface area contributed by atoms with Gasteiger partial charge in [-0.25, -0.2) is 10.3 Å². The minimum Gasteiger partial charge on any atom is -0.411 e. The molecule has 0 nitrogen and oxygen atoms in total. The van der Waals surface area contributed by atoms with Crippen LogP contribution in [0.25, 0.3) is 0 Å². The first-order valence-corrected chi connectivity index (χ1v) is 8.48. The molecule has 0 aliphatic rings. The van der Waals surface area contributed by atoms with Crippen LogP contribution in [0.5, 0.6) is 0 Å². The standard InChI is InChI=1S/2C8H11Si.2Li/c2*1-6-4-5-9-8(3)7(6)2;;/h2*4-5H,1-3H3;;/q2*-1;2*+1. The fourth-order valence-electron chi connectivity index (χ4n) is 1.64. The van der Waals surface area contributed by atoms with E-state index in [0.29, 0.717) is 0 Å². The Bertz CT molecular complexity index is 450. The van der Waals surface area contributed by atoms with Crippen LogP contribution in [0.2, 0.25) is 0 Å². The van der Waals surface area contributed by atoms with E-state index >= 15 is 0 Å². The maximum absolute atomic E-state index is 2.25. The Kier molecular flexibility index (Phi) is 12.4. The third-order valence-electron chi connectivity index (χ3n) is 3.57. The number of hydrogen-bond donors (Lipinski definition) is 0. The Balaban J connectivity index is 0. The second kappa shape index (κ2) is 11.0. The van der Waals surface area contributed by atoms with Crippen molar-refractivity contribution < 1.29 is 37.7 Å². The van der Waals surface area contributed by atoms with Gasteiger partial charge >= 0.3 is 37.7 Å². The zero-order valence-corrected chi connectivity index (χ0v) is 16.3. The molecule has 2 aromatic heterocycles. The van der Waals surface area contributed by atoms with Crippen molar-refractivity contribution in [3.8, 4) is 0 Å². The molecule has 0 aromatic carbocycles. The van der Waals surface area contributed by atoms with Gasteiger partial charge in [0.2, 0.25) is 0 Å². The van der Waals surface area contributed by atoms with Gasteiger partial charge in [0.1, 0.15) is 0 Å². The normalized spacial score (nSPS) is 8.70. The SMILES string of the molecule is Cc1cc[si-]c(C)c1C.Cc1cc[si-]c(C)c1C.[Li+].[Li+]. The van der Waals surface area contributed by atoms with E-state index < -0.39 is 0 Å². The van der Waals surface area contributed by atoms with Gasteiger partial charge in [-0.3, -0.25) is 11.4 Å². The van der Waals surface area contributed by atoms with Crippen molar-refractivity contribution in [3.05, 3.63) is 56.1 Å². The molecule has 0 amide bonds. The van der Waals surface area contributed by atoms with Crippen LogP contribution in [0.3, 0.4) is 0 Å². The first-order chi connectivity index (χ1) is 8.43. The van der Waals surface area contributed by atoms with Gasteiger partial charge in [0, 0.05) is 0 Å². The van der Waals surface area contributed by atoms with E-state index in [1.165, 1.54) is 32.6 Å². The molecule has 20 heavy (non-hydrogen) atoms. The molecule has 0 spiro atoms. The average Bonchev–Trinajstić information content (AvgIpc) is 2.34. The fourth-order valence-corrected chi connectivity index (χ4v) is 3.64. The third-order valence-corrected chi connectivity index (χ3v) is 5.86.